The molecule has 78 valence electrons. The molecule has 1 rings (SSSR count). The zero-order chi connectivity index (χ0) is 10.0. The monoisotopic (exact) mass is 186 g/mol. The van der Waals surface area contributed by atoms with Gasteiger partial charge in [-0.05, 0) is 18.3 Å². The van der Waals surface area contributed by atoms with E-state index in [-0.39, 0.29) is 6.29 Å². The predicted octanol–water partition coefficient (Wildman–Crippen LogP) is 2.68. The van der Waals surface area contributed by atoms with Gasteiger partial charge in [0.15, 0.2) is 6.29 Å². The van der Waals surface area contributed by atoms with Crippen LogP contribution in [0.15, 0.2) is 0 Å². The second-order valence-electron chi connectivity index (χ2n) is 4.26. The van der Waals surface area contributed by atoms with Crippen molar-refractivity contribution in [2.75, 3.05) is 7.11 Å². The summed E-state index contributed by atoms with van der Waals surface area (Å²) in [5, 5.41) is 0. The Morgan fingerprint density at radius 1 is 1.08 bits per heavy atom. The number of methoxy groups -OCH3 is 1. The molecule has 2 heteroatoms. The maximum absolute atomic E-state index is 5.86. The van der Waals surface area contributed by atoms with Gasteiger partial charge in [0.1, 0.15) is 0 Å². The number of hydrogen-bond acceptors (Lipinski definition) is 2. The molecule has 5 atom stereocenters. The quantitative estimate of drug-likeness (QED) is 0.660. The molecule has 1 aliphatic heterocycles. The maximum Gasteiger partial charge on any atom is 0.160 e. The van der Waals surface area contributed by atoms with Gasteiger partial charge in [-0.3, -0.25) is 0 Å². The summed E-state index contributed by atoms with van der Waals surface area (Å²) < 4.78 is 11.2. The second kappa shape index (κ2) is 4.43. The van der Waals surface area contributed by atoms with E-state index in [2.05, 4.69) is 27.7 Å². The lowest BCUT2D eigenvalue weighted by atomic mass is 9.78. The lowest BCUT2D eigenvalue weighted by Crippen LogP contribution is -2.45. The summed E-state index contributed by atoms with van der Waals surface area (Å²) >= 11 is 0. The zero-order valence-electron chi connectivity index (χ0n) is 9.41. The third-order valence-corrected chi connectivity index (χ3v) is 3.62. The molecule has 0 aliphatic carbocycles. The molecule has 0 spiro atoms. The van der Waals surface area contributed by atoms with E-state index in [0.29, 0.717) is 23.9 Å². The van der Waals surface area contributed by atoms with Crippen LogP contribution < -0.4 is 0 Å². The molecule has 0 aromatic rings. The van der Waals surface area contributed by atoms with Crippen molar-refractivity contribution in [3.05, 3.63) is 0 Å². The number of hydrogen-bond donors (Lipinski definition) is 0. The molecule has 2 nitrogen and oxygen atoms in total. The molecule has 0 saturated carbocycles. The molecule has 1 fully saturated rings. The molecule has 1 saturated heterocycles. The van der Waals surface area contributed by atoms with Gasteiger partial charge in [0.05, 0.1) is 6.10 Å². The largest absolute Gasteiger partial charge is 0.356 e. The minimum absolute atomic E-state index is 0.00356. The van der Waals surface area contributed by atoms with Crippen molar-refractivity contribution in [3.63, 3.8) is 0 Å². The van der Waals surface area contributed by atoms with Gasteiger partial charge in [-0.1, -0.05) is 27.7 Å². The van der Waals surface area contributed by atoms with E-state index in [1.807, 2.05) is 0 Å². The summed E-state index contributed by atoms with van der Waals surface area (Å²) in [4.78, 5) is 0. The number of rotatable bonds is 2. The van der Waals surface area contributed by atoms with Gasteiger partial charge in [0.25, 0.3) is 0 Å². The van der Waals surface area contributed by atoms with Crippen LogP contribution in [0.4, 0.5) is 0 Å². The van der Waals surface area contributed by atoms with Gasteiger partial charge in [-0.2, -0.15) is 0 Å². The van der Waals surface area contributed by atoms with Gasteiger partial charge in [0, 0.05) is 13.0 Å². The van der Waals surface area contributed by atoms with E-state index in [4.69, 9.17) is 9.47 Å². The Bertz CT molecular complexity index is 138. The van der Waals surface area contributed by atoms with Crippen LogP contribution in [0.25, 0.3) is 0 Å². The minimum atomic E-state index is -0.00356. The Morgan fingerprint density at radius 3 is 2.15 bits per heavy atom. The molecule has 1 heterocycles. The SMILES string of the molecule is CCC1O[C@@H](OC)[C@@H](C)[C@@H](C)C1C. The molecule has 0 radical (unpaired) electrons. The second-order valence-corrected chi connectivity index (χ2v) is 4.26. The fourth-order valence-corrected chi connectivity index (χ4v) is 2.22. The average molecular weight is 186 g/mol. The molecule has 2 unspecified atom stereocenters. The summed E-state index contributed by atoms with van der Waals surface area (Å²) in [5.74, 6) is 1.83. The van der Waals surface area contributed by atoms with Crippen molar-refractivity contribution >= 4 is 0 Å². The minimum Gasteiger partial charge on any atom is -0.356 e. The van der Waals surface area contributed by atoms with Crippen LogP contribution in [0.1, 0.15) is 34.1 Å². The van der Waals surface area contributed by atoms with Crippen molar-refractivity contribution in [2.24, 2.45) is 17.8 Å². The Balaban J connectivity index is 2.66. The fraction of sp³-hybridized carbons (Fsp3) is 1.00. The molecular weight excluding hydrogens is 164 g/mol. The molecule has 1 aliphatic rings. The van der Waals surface area contributed by atoms with Crippen molar-refractivity contribution in [1.29, 1.82) is 0 Å². The van der Waals surface area contributed by atoms with E-state index in [1.54, 1.807) is 7.11 Å². The predicted molar refractivity (Wildman–Crippen MR) is 53.5 cm³/mol. The van der Waals surface area contributed by atoms with Gasteiger partial charge in [-0.25, -0.2) is 0 Å². The van der Waals surface area contributed by atoms with E-state index >= 15 is 0 Å². The van der Waals surface area contributed by atoms with E-state index in [0.717, 1.165) is 6.42 Å². The van der Waals surface area contributed by atoms with Crippen LogP contribution in [0.5, 0.6) is 0 Å². The third-order valence-electron chi connectivity index (χ3n) is 3.62. The van der Waals surface area contributed by atoms with Crippen LogP contribution in [0.2, 0.25) is 0 Å². The highest BCUT2D eigenvalue weighted by molar-refractivity contribution is 4.81. The van der Waals surface area contributed by atoms with Gasteiger partial charge >= 0.3 is 0 Å². The first kappa shape index (κ1) is 11.0. The van der Waals surface area contributed by atoms with Gasteiger partial charge in [-0.15, -0.1) is 0 Å². The van der Waals surface area contributed by atoms with E-state index in [1.165, 1.54) is 0 Å². The highest BCUT2D eigenvalue weighted by Crippen LogP contribution is 2.36. The molecule has 0 bridgehead atoms. The molecule has 0 aromatic heterocycles. The standard InChI is InChI=1S/C11H22O2/c1-6-10-8(3)7(2)9(4)11(12-5)13-10/h7-11H,6H2,1-5H3/t7-,8?,9-,10?,11+/m0/s1. The lowest BCUT2D eigenvalue weighted by molar-refractivity contribution is -0.237. The zero-order valence-corrected chi connectivity index (χ0v) is 9.41. The smallest absolute Gasteiger partial charge is 0.160 e. The van der Waals surface area contributed by atoms with Crippen molar-refractivity contribution in [3.8, 4) is 0 Å². The molecule has 0 aromatic carbocycles. The van der Waals surface area contributed by atoms with Crippen molar-refractivity contribution in [2.45, 2.75) is 46.5 Å². The van der Waals surface area contributed by atoms with Crippen LogP contribution >= 0.6 is 0 Å². The van der Waals surface area contributed by atoms with Gasteiger partial charge in [0.2, 0.25) is 0 Å². The lowest BCUT2D eigenvalue weighted by Gasteiger charge is -2.42. The van der Waals surface area contributed by atoms with Crippen LogP contribution in [-0.4, -0.2) is 19.5 Å². The van der Waals surface area contributed by atoms with Crippen LogP contribution in [0, 0.1) is 17.8 Å². The van der Waals surface area contributed by atoms with Crippen LogP contribution in [-0.2, 0) is 9.47 Å². The van der Waals surface area contributed by atoms with Crippen molar-refractivity contribution in [1.82, 2.24) is 0 Å². The molecule has 0 N–H and O–H groups in total. The molecule has 0 amide bonds. The Kier molecular flexibility index (Phi) is 3.74. The van der Waals surface area contributed by atoms with Gasteiger partial charge < -0.3 is 9.47 Å². The first-order valence-corrected chi connectivity index (χ1v) is 5.30. The summed E-state index contributed by atoms with van der Waals surface area (Å²) in [7, 11) is 1.73. The highest BCUT2D eigenvalue weighted by Gasteiger charge is 2.38. The highest BCUT2D eigenvalue weighted by atomic mass is 16.7. The summed E-state index contributed by atoms with van der Waals surface area (Å²) in [6, 6.07) is 0. The van der Waals surface area contributed by atoms with Crippen LogP contribution in [0.3, 0.4) is 0 Å². The summed E-state index contributed by atoms with van der Waals surface area (Å²) in [6.45, 7) is 8.96. The Hall–Kier alpha value is -0.0800. The van der Waals surface area contributed by atoms with E-state index in [9.17, 15) is 0 Å². The number of ether oxygens (including phenoxy) is 2. The fourth-order valence-electron chi connectivity index (χ4n) is 2.22. The first-order valence-electron chi connectivity index (χ1n) is 5.30. The van der Waals surface area contributed by atoms with Crippen molar-refractivity contribution < 1.29 is 9.47 Å². The summed E-state index contributed by atoms with van der Waals surface area (Å²) in [6.07, 6.45) is 1.45. The maximum atomic E-state index is 5.86. The van der Waals surface area contributed by atoms with E-state index < -0.39 is 0 Å². The summed E-state index contributed by atoms with van der Waals surface area (Å²) in [5.41, 5.74) is 0. The third kappa shape index (κ3) is 2.05. The average Bonchev–Trinajstić information content (AvgIpc) is 2.15. The Labute approximate surface area is 81.6 Å². The molecular formula is C11H22O2. The normalized spacial score (nSPS) is 46.4. The topological polar surface area (TPSA) is 18.5 Å². The molecule has 13 heavy (non-hydrogen) atoms. The Morgan fingerprint density at radius 2 is 1.69 bits per heavy atom. The first-order chi connectivity index (χ1) is 6.11.